The van der Waals surface area contributed by atoms with Gasteiger partial charge in [0.1, 0.15) is 5.75 Å². The van der Waals surface area contributed by atoms with Crippen LogP contribution >= 0.6 is 0 Å². The summed E-state index contributed by atoms with van der Waals surface area (Å²) in [6.45, 7) is 6.54. The van der Waals surface area contributed by atoms with Crippen LogP contribution in [-0.4, -0.2) is 15.2 Å². The molecule has 4 aromatic carbocycles. The lowest BCUT2D eigenvalue weighted by Gasteiger charge is -2.28. The van der Waals surface area contributed by atoms with Gasteiger partial charge in [0.2, 0.25) is 8.07 Å². The van der Waals surface area contributed by atoms with E-state index in [0.717, 1.165) is 11.3 Å². The average Bonchev–Trinajstić information content (AvgIpc) is 2.90. The Balaban J connectivity index is 1.84. The van der Waals surface area contributed by atoms with E-state index in [2.05, 4.69) is 128 Å². The van der Waals surface area contributed by atoms with Crippen LogP contribution in [0.15, 0.2) is 127 Å². The van der Waals surface area contributed by atoms with Crippen molar-refractivity contribution in [3.05, 3.63) is 133 Å². The average molecular weight is 445 g/mol. The van der Waals surface area contributed by atoms with Crippen molar-refractivity contribution < 1.29 is 4.74 Å². The van der Waals surface area contributed by atoms with Crippen molar-refractivity contribution in [3.8, 4) is 17.2 Å². The Labute approximate surface area is 198 Å². The molecule has 0 unspecified atom stereocenters. The minimum Gasteiger partial charge on any atom is -0.497 e. The van der Waals surface area contributed by atoms with Gasteiger partial charge < -0.3 is 4.74 Å². The van der Waals surface area contributed by atoms with Gasteiger partial charge in [-0.2, -0.15) is 0 Å². The zero-order valence-electron chi connectivity index (χ0n) is 19.2. The largest absolute Gasteiger partial charge is 0.497 e. The van der Waals surface area contributed by atoms with Crippen molar-refractivity contribution in [2.24, 2.45) is 0 Å². The Morgan fingerprint density at radius 2 is 1.12 bits per heavy atom. The molecule has 0 amide bonds. The molecule has 0 radical (unpaired) electrons. The molecule has 0 N–H and O–H groups in total. The lowest BCUT2D eigenvalue weighted by atomic mass is 9.94. The van der Waals surface area contributed by atoms with Crippen LogP contribution in [0.25, 0.3) is 0 Å². The molecule has 0 fully saturated rings. The fraction of sp³-hybridized carbons (Fsp3) is 0.0968. The Morgan fingerprint density at radius 3 is 1.52 bits per heavy atom. The van der Waals surface area contributed by atoms with E-state index in [9.17, 15) is 0 Å². The summed E-state index contributed by atoms with van der Waals surface area (Å²) in [5.41, 5.74) is 5.92. The van der Waals surface area contributed by atoms with Gasteiger partial charge in [0.05, 0.1) is 7.11 Å². The van der Waals surface area contributed by atoms with Gasteiger partial charge in [0.25, 0.3) is 0 Å². The van der Waals surface area contributed by atoms with Crippen molar-refractivity contribution in [2.75, 3.05) is 7.11 Å². The minimum absolute atomic E-state index is 0.123. The SMILES string of the molecule is C=C(C#C[Si](c1ccccc1)(c1ccccc1)c1ccccc1)[C@@H](C)c1ccc(OC)cc1. The van der Waals surface area contributed by atoms with Crippen LogP contribution in [0.5, 0.6) is 5.75 Å². The van der Waals surface area contributed by atoms with E-state index in [4.69, 9.17) is 4.74 Å². The second kappa shape index (κ2) is 10.2. The highest BCUT2D eigenvalue weighted by molar-refractivity contribution is 7.16. The number of benzene rings is 4. The second-order valence-electron chi connectivity index (χ2n) is 8.12. The maximum atomic E-state index is 5.30. The highest BCUT2D eigenvalue weighted by Crippen LogP contribution is 2.24. The zero-order chi connectivity index (χ0) is 23.1. The molecule has 33 heavy (non-hydrogen) atoms. The monoisotopic (exact) mass is 444 g/mol. The van der Waals surface area contributed by atoms with Gasteiger partial charge in [-0.05, 0) is 33.3 Å². The van der Waals surface area contributed by atoms with Gasteiger partial charge in [0, 0.05) is 11.5 Å². The van der Waals surface area contributed by atoms with Gasteiger partial charge in [0.15, 0.2) is 0 Å². The molecule has 1 atom stereocenters. The first-order chi connectivity index (χ1) is 16.1. The molecular weight excluding hydrogens is 416 g/mol. The quantitative estimate of drug-likeness (QED) is 0.229. The summed E-state index contributed by atoms with van der Waals surface area (Å²) in [4.78, 5) is 0. The molecular formula is C31H28OSi. The summed E-state index contributed by atoms with van der Waals surface area (Å²) in [6, 6.07) is 40.3. The van der Waals surface area contributed by atoms with E-state index in [0.29, 0.717) is 0 Å². The van der Waals surface area contributed by atoms with Crippen LogP contribution in [0.3, 0.4) is 0 Å². The third kappa shape index (κ3) is 4.70. The smallest absolute Gasteiger partial charge is 0.230 e. The van der Waals surface area contributed by atoms with Crippen molar-refractivity contribution in [3.63, 3.8) is 0 Å². The van der Waals surface area contributed by atoms with Crippen LogP contribution in [0.1, 0.15) is 18.4 Å². The van der Waals surface area contributed by atoms with Crippen LogP contribution in [0.2, 0.25) is 0 Å². The van der Waals surface area contributed by atoms with Gasteiger partial charge in [-0.25, -0.2) is 0 Å². The molecule has 0 aliphatic carbocycles. The Kier molecular flexibility index (Phi) is 6.93. The molecule has 0 saturated carbocycles. The van der Waals surface area contributed by atoms with Gasteiger partial charge >= 0.3 is 0 Å². The summed E-state index contributed by atoms with van der Waals surface area (Å²) >= 11 is 0. The summed E-state index contributed by atoms with van der Waals surface area (Å²) in [5.74, 6) is 4.51. The fourth-order valence-corrected chi connectivity index (χ4v) is 8.02. The lowest BCUT2D eigenvalue weighted by molar-refractivity contribution is 0.414. The molecule has 0 bridgehead atoms. The normalized spacial score (nSPS) is 11.7. The third-order valence-electron chi connectivity index (χ3n) is 6.17. The summed E-state index contributed by atoms with van der Waals surface area (Å²) in [5, 5.41) is 3.83. The number of ether oxygens (including phenoxy) is 1. The Morgan fingerprint density at radius 1 is 0.697 bits per heavy atom. The Hall–Kier alpha value is -3.80. The maximum Gasteiger partial charge on any atom is 0.230 e. The minimum atomic E-state index is -2.59. The van der Waals surface area contributed by atoms with E-state index in [1.807, 2.05) is 12.1 Å². The summed E-state index contributed by atoms with van der Waals surface area (Å²) in [7, 11) is -0.906. The number of hydrogen-bond acceptors (Lipinski definition) is 1. The first-order valence-corrected chi connectivity index (χ1v) is 13.2. The molecule has 0 saturated heterocycles. The number of methoxy groups -OCH3 is 1. The van der Waals surface area contributed by atoms with E-state index in [1.54, 1.807) is 7.11 Å². The van der Waals surface area contributed by atoms with Crippen LogP contribution < -0.4 is 20.3 Å². The van der Waals surface area contributed by atoms with E-state index in [-0.39, 0.29) is 5.92 Å². The van der Waals surface area contributed by atoms with Crippen molar-refractivity contribution >= 4 is 23.6 Å². The van der Waals surface area contributed by atoms with E-state index in [1.165, 1.54) is 21.1 Å². The molecule has 1 nitrogen and oxygen atoms in total. The molecule has 2 heteroatoms. The van der Waals surface area contributed by atoms with Crippen LogP contribution in [0, 0.1) is 11.5 Å². The summed E-state index contributed by atoms with van der Waals surface area (Å²) in [6.07, 6.45) is 0. The molecule has 0 aliphatic heterocycles. The highest BCUT2D eigenvalue weighted by Gasteiger charge is 2.38. The standard InChI is InChI=1S/C31H28OSi/c1-25(26(2)27-19-21-28(32-3)22-20-27)23-24-33(29-13-7-4-8-14-29,30-15-9-5-10-16-30)31-17-11-6-12-18-31/h4-22,26H,1H2,2-3H3/t26-/m1/s1. The first kappa shape index (κ1) is 22.4. The lowest BCUT2D eigenvalue weighted by Crippen LogP contribution is -2.66. The zero-order valence-corrected chi connectivity index (χ0v) is 20.2. The van der Waals surface area contributed by atoms with Crippen LogP contribution in [0.4, 0.5) is 0 Å². The predicted octanol–water partition coefficient (Wildman–Crippen LogP) is 5.07. The van der Waals surface area contributed by atoms with E-state index >= 15 is 0 Å². The topological polar surface area (TPSA) is 9.23 Å². The number of rotatable bonds is 6. The fourth-order valence-electron chi connectivity index (χ4n) is 4.16. The van der Waals surface area contributed by atoms with Gasteiger partial charge in [-0.15, -0.1) is 5.54 Å². The summed E-state index contributed by atoms with van der Waals surface area (Å²) < 4.78 is 5.30. The molecule has 0 heterocycles. The van der Waals surface area contributed by atoms with Crippen LogP contribution in [-0.2, 0) is 0 Å². The third-order valence-corrected chi connectivity index (χ3v) is 10.3. The number of allylic oxidation sites excluding steroid dienone is 1. The van der Waals surface area contributed by atoms with Gasteiger partial charge in [-0.1, -0.05) is 123 Å². The van der Waals surface area contributed by atoms with Crippen molar-refractivity contribution in [2.45, 2.75) is 12.8 Å². The first-order valence-electron chi connectivity index (χ1n) is 11.2. The van der Waals surface area contributed by atoms with Crippen molar-refractivity contribution in [1.29, 1.82) is 0 Å². The predicted molar refractivity (Wildman–Crippen MR) is 142 cm³/mol. The van der Waals surface area contributed by atoms with Gasteiger partial charge in [-0.3, -0.25) is 0 Å². The molecule has 4 rings (SSSR count). The Bertz CT molecular complexity index is 1150. The molecule has 0 aromatic heterocycles. The van der Waals surface area contributed by atoms with Crippen molar-refractivity contribution in [1.82, 2.24) is 0 Å². The number of hydrogen-bond donors (Lipinski definition) is 0. The second-order valence-corrected chi connectivity index (χ2v) is 11.6. The molecule has 162 valence electrons. The molecule has 0 spiro atoms. The molecule has 0 aliphatic rings. The highest BCUT2D eigenvalue weighted by atomic mass is 28.3. The van der Waals surface area contributed by atoms with E-state index < -0.39 is 8.07 Å². The molecule has 4 aromatic rings. The maximum absolute atomic E-state index is 5.30.